The standard InChI is InChI=1S/C16H22N6O/c1-11-18-13-6-3-2-5-12(13)15(19-11)22-8-4-7-16(23,10-22)14-9-17-21-20-14/h9,23H,2-8,10H2,1H3,(H,17,20,21)/t16-/m1/s1. The molecule has 2 aromatic heterocycles. The molecular weight excluding hydrogens is 292 g/mol. The number of β-amino-alcohol motifs (C(OH)–C–C–N with tert-alkyl or cyclic N) is 1. The van der Waals surface area contributed by atoms with Crippen LogP contribution in [0.25, 0.3) is 0 Å². The SMILES string of the molecule is Cc1nc2c(c(N3CCC[C@](O)(c4cn[nH]n4)C3)n1)CCCC2. The van der Waals surface area contributed by atoms with Crippen molar-refractivity contribution in [1.82, 2.24) is 25.4 Å². The molecule has 2 aliphatic rings. The number of aliphatic hydroxyl groups is 1. The molecule has 1 aliphatic carbocycles. The first-order valence-corrected chi connectivity index (χ1v) is 8.36. The molecule has 0 unspecified atom stereocenters. The van der Waals surface area contributed by atoms with Gasteiger partial charge in [-0.25, -0.2) is 9.97 Å². The summed E-state index contributed by atoms with van der Waals surface area (Å²) in [6, 6.07) is 0. The molecule has 2 N–H and O–H groups in total. The van der Waals surface area contributed by atoms with E-state index in [4.69, 9.17) is 4.98 Å². The number of hydrogen-bond acceptors (Lipinski definition) is 6. The fraction of sp³-hybridized carbons (Fsp3) is 0.625. The van der Waals surface area contributed by atoms with Gasteiger partial charge in [-0.2, -0.15) is 15.4 Å². The second-order valence-electron chi connectivity index (χ2n) is 6.64. The summed E-state index contributed by atoms with van der Waals surface area (Å²) >= 11 is 0. The highest BCUT2D eigenvalue weighted by atomic mass is 16.3. The lowest BCUT2D eigenvalue weighted by molar-refractivity contribution is 0.0174. The largest absolute Gasteiger partial charge is 0.382 e. The Hall–Kier alpha value is -2.02. The summed E-state index contributed by atoms with van der Waals surface area (Å²) in [7, 11) is 0. The van der Waals surface area contributed by atoms with Gasteiger partial charge in [0.25, 0.3) is 0 Å². The van der Waals surface area contributed by atoms with Gasteiger partial charge in [-0.05, 0) is 45.4 Å². The van der Waals surface area contributed by atoms with Crippen LogP contribution in [0.5, 0.6) is 0 Å². The molecular formula is C16H22N6O. The molecule has 1 atom stereocenters. The summed E-state index contributed by atoms with van der Waals surface area (Å²) in [6.07, 6.45) is 7.67. The molecule has 0 radical (unpaired) electrons. The summed E-state index contributed by atoms with van der Waals surface area (Å²) in [4.78, 5) is 11.6. The number of nitrogens with zero attached hydrogens (tertiary/aromatic N) is 5. The zero-order valence-corrected chi connectivity index (χ0v) is 13.4. The molecule has 3 heterocycles. The summed E-state index contributed by atoms with van der Waals surface area (Å²) in [5, 5.41) is 21.6. The fourth-order valence-corrected chi connectivity index (χ4v) is 3.81. The van der Waals surface area contributed by atoms with Crippen molar-refractivity contribution in [1.29, 1.82) is 0 Å². The summed E-state index contributed by atoms with van der Waals surface area (Å²) in [6.45, 7) is 3.36. The smallest absolute Gasteiger partial charge is 0.135 e. The Labute approximate surface area is 135 Å². The lowest BCUT2D eigenvalue weighted by atomic mass is 9.89. The predicted molar refractivity (Wildman–Crippen MR) is 85.1 cm³/mol. The maximum absolute atomic E-state index is 11.0. The van der Waals surface area contributed by atoms with Crippen molar-refractivity contribution in [3.63, 3.8) is 0 Å². The van der Waals surface area contributed by atoms with Gasteiger partial charge in [0.15, 0.2) is 0 Å². The number of aromatic nitrogens is 5. The van der Waals surface area contributed by atoms with Crippen molar-refractivity contribution in [2.75, 3.05) is 18.0 Å². The summed E-state index contributed by atoms with van der Waals surface area (Å²) in [5.74, 6) is 1.82. The average molecular weight is 314 g/mol. The monoisotopic (exact) mass is 314 g/mol. The van der Waals surface area contributed by atoms with E-state index in [1.807, 2.05) is 6.92 Å². The van der Waals surface area contributed by atoms with Crippen LogP contribution in [0.3, 0.4) is 0 Å². The molecule has 4 rings (SSSR count). The molecule has 0 saturated carbocycles. The Kier molecular flexibility index (Phi) is 3.52. The van der Waals surface area contributed by atoms with Crippen LogP contribution in [0.4, 0.5) is 5.82 Å². The highest BCUT2D eigenvalue weighted by Crippen LogP contribution is 2.35. The lowest BCUT2D eigenvalue weighted by Gasteiger charge is -2.39. The van der Waals surface area contributed by atoms with Gasteiger partial charge in [0.05, 0.1) is 12.7 Å². The van der Waals surface area contributed by atoms with Crippen molar-refractivity contribution in [2.45, 2.75) is 51.0 Å². The van der Waals surface area contributed by atoms with E-state index in [1.165, 1.54) is 24.1 Å². The maximum atomic E-state index is 11.0. The molecule has 2 aromatic rings. The van der Waals surface area contributed by atoms with Gasteiger partial charge in [0, 0.05) is 17.8 Å². The molecule has 23 heavy (non-hydrogen) atoms. The molecule has 1 fully saturated rings. The van der Waals surface area contributed by atoms with Crippen LogP contribution in [-0.2, 0) is 18.4 Å². The lowest BCUT2D eigenvalue weighted by Crippen LogP contribution is -2.47. The number of nitrogens with one attached hydrogen (secondary N) is 1. The summed E-state index contributed by atoms with van der Waals surface area (Å²) < 4.78 is 0. The fourth-order valence-electron chi connectivity index (χ4n) is 3.81. The van der Waals surface area contributed by atoms with Crippen LogP contribution in [-0.4, -0.2) is 43.6 Å². The van der Waals surface area contributed by atoms with Crippen LogP contribution in [0, 0.1) is 6.92 Å². The number of piperidine rings is 1. The number of H-pyrrole nitrogens is 1. The number of aryl methyl sites for hydroxylation is 2. The Morgan fingerprint density at radius 3 is 2.91 bits per heavy atom. The molecule has 0 amide bonds. The molecule has 0 spiro atoms. The van der Waals surface area contributed by atoms with Gasteiger partial charge in [0.2, 0.25) is 0 Å². The van der Waals surface area contributed by atoms with E-state index < -0.39 is 5.60 Å². The minimum atomic E-state index is -0.967. The average Bonchev–Trinajstić information content (AvgIpc) is 3.09. The highest BCUT2D eigenvalue weighted by Gasteiger charge is 2.38. The molecule has 7 nitrogen and oxygen atoms in total. The zero-order chi connectivity index (χ0) is 15.9. The minimum Gasteiger partial charge on any atom is -0.382 e. The zero-order valence-electron chi connectivity index (χ0n) is 13.4. The number of anilines is 1. The van der Waals surface area contributed by atoms with E-state index in [0.717, 1.165) is 37.4 Å². The Balaban J connectivity index is 1.69. The van der Waals surface area contributed by atoms with Crippen molar-refractivity contribution < 1.29 is 5.11 Å². The molecule has 1 saturated heterocycles. The van der Waals surface area contributed by atoms with Gasteiger partial charge >= 0.3 is 0 Å². The number of hydrogen-bond donors (Lipinski definition) is 2. The van der Waals surface area contributed by atoms with Crippen LogP contribution in [0.2, 0.25) is 0 Å². The van der Waals surface area contributed by atoms with Gasteiger partial charge in [-0.15, -0.1) is 0 Å². The first-order chi connectivity index (χ1) is 11.2. The van der Waals surface area contributed by atoms with Crippen molar-refractivity contribution >= 4 is 5.82 Å². The Morgan fingerprint density at radius 1 is 1.22 bits per heavy atom. The van der Waals surface area contributed by atoms with Crippen molar-refractivity contribution in [2.24, 2.45) is 0 Å². The second kappa shape index (κ2) is 5.56. The van der Waals surface area contributed by atoms with Crippen LogP contribution >= 0.6 is 0 Å². The van der Waals surface area contributed by atoms with Gasteiger partial charge in [-0.1, -0.05) is 0 Å². The van der Waals surface area contributed by atoms with Crippen LogP contribution < -0.4 is 4.90 Å². The topological polar surface area (TPSA) is 90.8 Å². The van der Waals surface area contributed by atoms with E-state index in [1.54, 1.807) is 6.20 Å². The third-order valence-electron chi connectivity index (χ3n) is 4.94. The highest BCUT2D eigenvalue weighted by molar-refractivity contribution is 5.51. The number of fused-ring (bicyclic) bond motifs is 1. The minimum absolute atomic E-state index is 0.502. The first kappa shape index (κ1) is 14.6. The Bertz CT molecular complexity index is 701. The summed E-state index contributed by atoms with van der Waals surface area (Å²) in [5.41, 5.74) is 2.11. The Morgan fingerprint density at radius 2 is 2.09 bits per heavy atom. The maximum Gasteiger partial charge on any atom is 0.135 e. The quantitative estimate of drug-likeness (QED) is 0.867. The van der Waals surface area contributed by atoms with Crippen molar-refractivity contribution in [3.8, 4) is 0 Å². The van der Waals surface area contributed by atoms with Crippen LogP contribution in [0.1, 0.15) is 48.5 Å². The van der Waals surface area contributed by atoms with Crippen molar-refractivity contribution in [3.05, 3.63) is 29.0 Å². The third kappa shape index (κ3) is 2.59. The predicted octanol–water partition coefficient (Wildman–Crippen LogP) is 1.27. The van der Waals surface area contributed by atoms with E-state index in [9.17, 15) is 5.11 Å². The van der Waals surface area contributed by atoms with E-state index in [0.29, 0.717) is 18.7 Å². The number of rotatable bonds is 2. The molecule has 7 heteroatoms. The third-order valence-corrected chi connectivity index (χ3v) is 4.94. The molecule has 0 aromatic carbocycles. The van der Waals surface area contributed by atoms with E-state index >= 15 is 0 Å². The molecule has 1 aliphatic heterocycles. The normalized spacial score (nSPS) is 24.5. The van der Waals surface area contributed by atoms with Gasteiger partial charge in [-0.3, -0.25) is 0 Å². The van der Waals surface area contributed by atoms with Gasteiger partial charge < -0.3 is 10.0 Å². The second-order valence-corrected chi connectivity index (χ2v) is 6.64. The van der Waals surface area contributed by atoms with E-state index in [-0.39, 0.29) is 0 Å². The van der Waals surface area contributed by atoms with Gasteiger partial charge in [0.1, 0.15) is 22.9 Å². The van der Waals surface area contributed by atoms with Crippen LogP contribution in [0.15, 0.2) is 6.20 Å². The molecule has 0 bridgehead atoms. The molecule has 122 valence electrons. The van der Waals surface area contributed by atoms with E-state index in [2.05, 4.69) is 25.3 Å². The first-order valence-electron chi connectivity index (χ1n) is 8.36. The number of aromatic amines is 1.